The minimum absolute atomic E-state index is 0.0392. The highest BCUT2D eigenvalue weighted by molar-refractivity contribution is 6.37. The first kappa shape index (κ1) is 14.9. The quantitative estimate of drug-likeness (QED) is 0.355. The van der Waals surface area contributed by atoms with E-state index in [-0.39, 0.29) is 38.7 Å². The summed E-state index contributed by atoms with van der Waals surface area (Å²) in [6.07, 6.45) is -0.0427. The van der Waals surface area contributed by atoms with Gasteiger partial charge in [-0.05, 0) is 54.4 Å². The molecule has 2 aliphatic heterocycles. The second kappa shape index (κ2) is 11.9. The highest BCUT2D eigenvalue weighted by Crippen LogP contribution is 2.39. The molecule has 1 N–H and O–H groups in total. The van der Waals surface area contributed by atoms with Crippen molar-refractivity contribution in [1.29, 1.82) is 0 Å². The average molecular weight is 553 g/mol. The molecule has 0 atom stereocenters. The van der Waals surface area contributed by atoms with E-state index in [4.69, 9.17) is 19.2 Å². The lowest BCUT2D eigenvalue weighted by atomic mass is 9.90. The fourth-order valence-electron chi connectivity index (χ4n) is 4.17. The number of ether oxygens (including phenoxy) is 1. The maximum Gasteiger partial charge on any atom is 0.337 e. The monoisotopic (exact) mass is 552 g/mol. The molecule has 0 bridgehead atoms. The lowest BCUT2D eigenvalue weighted by molar-refractivity contribution is -0.119. The van der Waals surface area contributed by atoms with E-state index in [0.717, 1.165) is 14.2 Å². The Morgan fingerprint density at radius 3 is 2.45 bits per heavy atom. The van der Waals surface area contributed by atoms with Crippen LogP contribution >= 0.6 is 0 Å². The first-order valence-corrected chi connectivity index (χ1v) is 12.1. The summed E-state index contributed by atoms with van der Waals surface area (Å²) >= 11 is 0. The maximum atomic E-state index is 13.7. The molecule has 0 unspecified atom stereocenters. The van der Waals surface area contributed by atoms with Gasteiger partial charge in [-0.15, -0.1) is 0 Å². The van der Waals surface area contributed by atoms with E-state index in [1.54, 1.807) is 30.3 Å². The van der Waals surface area contributed by atoms with Crippen LogP contribution in [0, 0.1) is 0 Å². The molecule has 3 aromatic rings. The Balaban J connectivity index is 1.56. The van der Waals surface area contributed by atoms with Gasteiger partial charge in [-0.3, -0.25) is 14.5 Å². The summed E-state index contributed by atoms with van der Waals surface area (Å²) < 4.78 is 121. The molecule has 3 aromatic carbocycles. The summed E-state index contributed by atoms with van der Waals surface area (Å²) in [4.78, 5) is 40.2. The first-order valence-electron chi connectivity index (χ1n) is 19.1. The molecule has 2 amide bonds. The molecule has 0 aromatic heterocycles. The zero-order valence-electron chi connectivity index (χ0n) is 35.6. The van der Waals surface area contributed by atoms with Gasteiger partial charge in [-0.2, -0.15) is 0 Å². The third-order valence-corrected chi connectivity index (χ3v) is 6.17. The number of likely N-dealkylation sites (N-methyl/N-ethyl adjacent to an activating group) is 2. The summed E-state index contributed by atoms with van der Waals surface area (Å²) in [5.41, 5.74) is 0.297. The zero-order valence-corrected chi connectivity index (χ0v) is 21.6. The van der Waals surface area contributed by atoms with E-state index in [1.165, 1.54) is 24.3 Å². The topological polar surface area (TPSA) is 82.2 Å². The number of benzene rings is 3. The predicted octanol–water partition coefficient (Wildman–Crippen LogP) is 3.79. The summed E-state index contributed by atoms with van der Waals surface area (Å²) in [7, 11) is 1.91. The molecule has 40 heavy (non-hydrogen) atoms. The van der Waals surface area contributed by atoms with E-state index < -0.39 is 81.0 Å². The van der Waals surface area contributed by atoms with Crippen LogP contribution in [0.15, 0.2) is 72.7 Å². The van der Waals surface area contributed by atoms with Gasteiger partial charge in [0, 0.05) is 65.0 Å². The Morgan fingerprint density at radius 1 is 1.05 bits per heavy atom. The Kier molecular flexibility index (Phi) is 4.42. The van der Waals surface area contributed by atoms with Crippen LogP contribution in [0.2, 0.25) is 0 Å². The number of rotatable bonds is 7. The van der Waals surface area contributed by atoms with Crippen LogP contribution in [-0.4, -0.2) is 81.2 Å². The van der Waals surface area contributed by atoms with Crippen LogP contribution in [0.4, 0.5) is 11.4 Å². The smallest absolute Gasteiger partial charge is 0.337 e. The van der Waals surface area contributed by atoms with Gasteiger partial charge in [0.15, 0.2) is 0 Å². The van der Waals surface area contributed by atoms with Gasteiger partial charge in [-0.1, -0.05) is 48.5 Å². The Bertz CT molecular complexity index is 2030. The predicted molar refractivity (Wildman–Crippen MR) is 157 cm³/mol. The molecule has 0 aliphatic carbocycles. The third kappa shape index (κ3) is 5.83. The van der Waals surface area contributed by atoms with Crippen molar-refractivity contribution >= 4 is 40.3 Å². The molecule has 2 aliphatic rings. The molecule has 1 fully saturated rings. The van der Waals surface area contributed by atoms with E-state index >= 15 is 0 Å². The number of allylic oxidation sites excluding steroid dienone is 1. The molecular weight excluding hydrogens is 504 g/mol. The van der Waals surface area contributed by atoms with Crippen LogP contribution in [0.5, 0.6) is 0 Å². The van der Waals surface area contributed by atoms with Crippen LogP contribution in [0.1, 0.15) is 46.2 Å². The second-order valence-corrected chi connectivity index (χ2v) is 8.83. The summed E-state index contributed by atoms with van der Waals surface area (Å²) in [6.45, 7) is -17.5. The largest absolute Gasteiger partial charge is 0.465 e. The number of methoxy groups -OCH3 is 1. The summed E-state index contributed by atoms with van der Waals surface area (Å²) in [5, 5.41) is 2.54. The van der Waals surface area contributed by atoms with Gasteiger partial charge in [-0.25, -0.2) is 4.79 Å². The van der Waals surface area contributed by atoms with Crippen molar-refractivity contribution < 1.29 is 38.3 Å². The van der Waals surface area contributed by atoms with Gasteiger partial charge in [0.25, 0.3) is 5.91 Å². The van der Waals surface area contributed by atoms with Crippen molar-refractivity contribution in [3.63, 3.8) is 0 Å². The Labute approximate surface area is 254 Å². The van der Waals surface area contributed by atoms with Crippen molar-refractivity contribution in [1.82, 2.24) is 9.80 Å². The molecule has 5 rings (SSSR count). The lowest BCUT2D eigenvalue weighted by Gasteiger charge is -2.32. The molecular formula is C32H34N4O4. The Hall–Kier alpha value is -4.27. The number of esters is 1. The van der Waals surface area contributed by atoms with Gasteiger partial charge in [0.05, 0.1) is 28.9 Å². The SMILES string of the molecule is [2H]c1c([2H])c2c(c([2H])c1C(=O)OC)NC(=O)/C2=C(\Cc1ccc(N(C(=O)CN2C([2H])([2H])C([2H])([2H])N(C)C([2H])([2H])C2([2H])[2H])C([2H])([2H])[2H])cc1)c1ccccc1. The number of nitrogens with zero attached hydrogens (tertiary/aromatic N) is 3. The van der Waals surface area contributed by atoms with Crippen molar-refractivity contribution in [2.24, 2.45) is 0 Å². The summed E-state index contributed by atoms with van der Waals surface area (Å²) in [6, 6.07) is 12.2. The molecule has 206 valence electrons. The minimum atomic E-state index is -3.31. The van der Waals surface area contributed by atoms with Crippen molar-refractivity contribution in [3.8, 4) is 0 Å². The lowest BCUT2D eigenvalue weighted by Crippen LogP contribution is -2.48. The summed E-state index contributed by atoms with van der Waals surface area (Å²) in [5.74, 6) is -3.12. The van der Waals surface area contributed by atoms with E-state index in [0.29, 0.717) is 21.6 Å². The number of nitrogens with one attached hydrogen (secondary N) is 1. The van der Waals surface area contributed by atoms with Gasteiger partial charge < -0.3 is 19.9 Å². The van der Waals surface area contributed by atoms with Crippen LogP contribution in [-0.2, 0) is 20.7 Å². The van der Waals surface area contributed by atoms with Crippen LogP contribution in [0.25, 0.3) is 11.1 Å². The highest BCUT2D eigenvalue weighted by atomic mass is 16.5. The number of hydrogen-bond donors (Lipinski definition) is 1. The van der Waals surface area contributed by atoms with E-state index in [1.807, 2.05) is 0 Å². The fraction of sp³-hybridized carbons (Fsp3) is 0.281. The number of piperazine rings is 1. The number of amides is 2. The number of carbonyl (C=O) groups excluding carboxylic acids is 3. The third-order valence-electron chi connectivity index (χ3n) is 6.17. The number of carbonyl (C=O) groups is 3. The number of hydrogen-bond acceptors (Lipinski definition) is 6. The molecule has 8 heteroatoms. The molecule has 0 saturated carbocycles. The Morgan fingerprint density at radius 2 is 1.77 bits per heavy atom. The van der Waals surface area contributed by atoms with Gasteiger partial charge in [0.2, 0.25) is 5.91 Å². The molecule has 0 radical (unpaired) electrons. The highest BCUT2D eigenvalue weighted by Gasteiger charge is 2.29. The molecule has 2 heterocycles. The standard InChI is InChI=1S/C32H34N4O4/c1-34-15-17-36(18-16-34)21-29(37)35(2)25-12-9-22(10-13-25)19-27(23-7-5-4-6-8-23)30-26-14-11-24(32(39)40-3)20-28(26)33-31(30)38/h4-14,20H,15-19,21H2,1-3H3,(H,33,38)/b30-27+/i2D3,11D,14D,15D2,16D2,17D2,18D2,20D. The van der Waals surface area contributed by atoms with Crippen molar-refractivity contribution in [3.05, 3.63) is 95.0 Å². The van der Waals surface area contributed by atoms with Crippen LogP contribution in [0.3, 0.4) is 0 Å². The number of fused-ring (bicyclic) bond motifs is 1. The van der Waals surface area contributed by atoms with E-state index in [2.05, 4.69) is 10.1 Å². The van der Waals surface area contributed by atoms with E-state index in [9.17, 15) is 14.4 Å². The molecule has 1 saturated heterocycles. The van der Waals surface area contributed by atoms with Gasteiger partial charge in [0.1, 0.15) is 0 Å². The molecule has 8 nitrogen and oxygen atoms in total. The number of anilines is 2. The molecule has 0 spiro atoms. The second-order valence-electron chi connectivity index (χ2n) is 8.83. The average Bonchev–Trinajstić information content (AvgIpc) is 3.44. The normalized spacial score (nSPS) is 27.2. The zero-order chi connectivity index (χ0) is 40.5. The fourth-order valence-corrected chi connectivity index (χ4v) is 4.17. The first-order chi connectivity index (χ1) is 24.8. The van der Waals surface area contributed by atoms with Crippen molar-refractivity contribution in [2.45, 2.75) is 6.42 Å². The minimum Gasteiger partial charge on any atom is -0.465 e. The van der Waals surface area contributed by atoms with Crippen molar-refractivity contribution in [2.75, 3.05) is 63.9 Å². The maximum absolute atomic E-state index is 13.7. The van der Waals surface area contributed by atoms with Gasteiger partial charge >= 0.3 is 5.97 Å². The van der Waals surface area contributed by atoms with Crippen LogP contribution < -0.4 is 10.2 Å².